The minimum Gasteiger partial charge on any atom is -0.380 e. The van der Waals surface area contributed by atoms with Gasteiger partial charge in [0.05, 0.1) is 6.61 Å². The SMILES string of the molecule is COCc1cccc(CNCc2cc(C)c(C)cc2C)c1. The lowest BCUT2D eigenvalue weighted by Crippen LogP contribution is -2.14. The molecule has 0 bridgehead atoms. The molecule has 0 amide bonds. The van der Waals surface area contributed by atoms with E-state index in [1.165, 1.54) is 33.4 Å². The second-order valence-corrected chi connectivity index (χ2v) is 5.72. The zero-order valence-electron chi connectivity index (χ0n) is 13.5. The molecule has 0 fully saturated rings. The maximum atomic E-state index is 5.18. The Morgan fingerprint density at radius 2 is 1.57 bits per heavy atom. The highest BCUT2D eigenvalue weighted by Crippen LogP contribution is 2.15. The van der Waals surface area contributed by atoms with Crippen molar-refractivity contribution in [3.8, 4) is 0 Å². The van der Waals surface area contributed by atoms with E-state index in [0.717, 1.165) is 13.1 Å². The van der Waals surface area contributed by atoms with Crippen LogP contribution in [-0.2, 0) is 24.4 Å². The Balaban J connectivity index is 1.95. The third-order valence-electron chi connectivity index (χ3n) is 3.90. The van der Waals surface area contributed by atoms with Crippen LogP contribution in [-0.4, -0.2) is 7.11 Å². The van der Waals surface area contributed by atoms with E-state index in [1.807, 2.05) is 0 Å². The van der Waals surface area contributed by atoms with Crippen LogP contribution >= 0.6 is 0 Å². The van der Waals surface area contributed by atoms with Gasteiger partial charge in [0.1, 0.15) is 0 Å². The summed E-state index contributed by atoms with van der Waals surface area (Å²) >= 11 is 0. The second kappa shape index (κ2) is 7.39. The number of nitrogens with one attached hydrogen (secondary N) is 1. The number of ether oxygens (including phenoxy) is 1. The molecule has 2 aromatic rings. The van der Waals surface area contributed by atoms with Gasteiger partial charge in [-0.2, -0.15) is 0 Å². The van der Waals surface area contributed by atoms with E-state index >= 15 is 0 Å². The summed E-state index contributed by atoms with van der Waals surface area (Å²) in [5.41, 5.74) is 7.98. The minimum absolute atomic E-state index is 0.671. The third-order valence-corrected chi connectivity index (χ3v) is 3.90. The summed E-state index contributed by atoms with van der Waals surface area (Å²) in [5, 5.41) is 3.53. The molecule has 0 heterocycles. The van der Waals surface area contributed by atoms with Crippen LogP contribution in [0.25, 0.3) is 0 Å². The molecule has 0 aliphatic rings. The molecule has 0 spiro atoms. The van der Waals surface area contributed by atoms with Crippen molar-refractivity contribution in [3.05, 3.63) is 69.8 Å². The molecule has 0 aromatic heterocycles. The van der Waals surface area contributed by atoms with Crippen LogP contribution in [0, 0.1) is 20.8 Å². The Bertz CT molecular complexity index is 605. The molecule has 2 rings (SSSR count). The summed E-state index contributed by atoms with van der Waals surface area (Å²) in [6.45, 7) is 8.98. The van der Waals surface area contributed by atoms with Gasteiger partial charge in [-0.3, -0.25) is 0 Å². The van der Waals surface area contributed by atoms with Crippen LogP contribution in [0.5, 0.6) is 0 Å². The Labute approximate surface area is 128 Å². The highest BCUT2D eigenvalue weighted by Gasteiger charge is 2.02. The fourth-order valence-corrected chi connectivity index (χ4v) is 2.55. The first-order valence-corrected chi connectivity index (χ1v) is 7.44. The molecular weight excluding hydrogens is 258 g/mol. The van der Waals surface area contributed by atoms with Gasteiger partial charge in [0.15, 0.2) is 0 Å². The molecule has 0 aliphatic carbocycles. The number of aryl methyl sites for hydroxylation is 3. The van der Waals surface area contributed by atoms with Gasteiger partial charge >= 0.3 is 0 Å². The van der Waals surface area contributed by atoms with Gasteiger partial charge in [0.25, 0.3) is 0 Å². The normalized spacial score (nSPS) is 10.9. The standard InChI is InChI=1S/C19H25NO/c1-14-8-16(3)19(9-15(14)2)12-20-11-17-6-5-7-18(10-17)13-21-4/h5-10,20H,11-13H2,1-4H3. The van der Waals surface area contributed by atoms with Crippen LogP contribution in [0.3, 0.4) is 0 Å². The first-order valence-electron chi connectivity index (χ1n) is 7.44. The van der Waals surface area contributed by atoms with Crippen LogP contribution in [0.15, 0.2) is 36.4 Å². The number of hydrogen-bond donors (Lipinski definition) is 1. The lowest BCUT2D eigenvalue weighted by molar-refractivity contribution is 0.185. The zero-order chi connectivity index (χ0) is 15.2. The summed E-state index contributed by atoms with van der Waals surface area (Å²) in [6.07, 6.45) is 0. The van der Waals surface area contributed by atoms with Crippen molar-refractivity contribution in [3.63, 3.8) is 0 Å². The van der Waals surface area contributed by atoms with Crippen molar-refractivity contribution in [2.75, 3.05) is 7.11 Å². The number of hydrogen-bond acceptors (Lipinski definition) is 2. The molecule has 21 heavy (non-hydrogen) atoms. The Kier molecular flexibility index (Phi) is 5.54. The van der Waals surface area contributed by atoms with Gasteiger partial charge in [-0.15, -0.1) is 0 Å². The smallest absolute Gasteiger partial charge is 0.0713 e. The van der Waals surface area contributed by atoms with Crippen LogP contribution < -0.4 is 5.32 Å². The van der Waals surface area contributed by atoms with Crippen LogP contribution in [0.2, 0.25) is 0 Å². The molecule has 112 valence electrons. The van der Waals surface area contributed by atoms with Crippen molar-refractivity contribution in [2.24, 2.45) is 0 Å². The van der Waals surface area contributed by atoms with E-state index < -0.39 is 0 Å². The van der Waals surface area contributed by atoms with Gasteiger partial charge in [0.2, 0.25) is 0 Å². The predicted octanol–water partition coefficient (Wildman–Crippen LogP) is 4.05. The molecule has 1 N–H and O–H groups in total. The first kappa shape index (κ1) is 15.7. The maximum absolute atomic E-state index is 5.18. The molecule has 0 saturated heterocycles. The largest absolute Gasteiger partial charge is 0.380 e. The Morgan fingerprint density at radius 3 is 2.33 bits per heavy atom. The molecule has 0 aliphatic heterocycles. The van der Waals surface area contributed by atoms with Crippen molar-refractivity contribution >= 4 is 0 Å². The lowest BCUT2D eigenvalue weighted by Gasteiger charge is -2.11. The van der Waals surface area contributed by atoms with Crippen molar-refractivity contribution in [1.82, 2.24) is 5.32 Å². The number of benzene rings is 2. The van der Waals surface area contributed by atoms with Gasteiger partial charge in [-0.25, -0.2) is 0 Å². The molecule has 0 saturated carbocycles. The van der Waals surface area contributed by atoms with E-state index in [-0.39, 0.29) is 0 Å². The van der Waals surface area contributed by atoms with Crippen molar-refractivity contribution in [2.45, 2.75) is 40.5 Å². The van der Waals surface area contributed by atoms with Gasteiger partial charge in [-0.05, 0) is 54.2 Å². The first-order chi connectivity index (χ1) is 10.1. The molecule has 0 unspecified atom stereocenters. The summed E-state index contributed by atoms with van der Waals surface area (Å²) in [7, 11) is 1.73. The number of methoxy groups -OCH3 is 1. The zero-order valence-corrected chi connectivity index (χ0v) is 13.5. The molecule has 2 heteroatoms. The maximum Gasteiger partial charge on any atom is 0.0713 e. The molecular formula is C19H25NO. The Morgan fingerprint density at radius 1 is 0.857 bits per heavy atom. The van der Waals surface area contributed by atoms with E-state index in [0.29, 0.717) is 6.61 Å². The van der Waals surface area contributed by atoms with E-state index in [4.69, 9.17) is 4.74 Å². The monoisotopic (exact) mass is 283 g/mol. The average Bonchev–Trinajstić information content (AvgIpc) is 2.45. The topological polar surface area (TPSA) is 21.3 Å². The highest BCUT2D eigenvalue weighted by atomic mass is 16.5. The van der Waals surface area contributed by atoms with E-state index in [2.05, 4.69) is 62.5 Å². The summed E-state index contributed by atoms with van der Waals surface area (Å²) in [4.78, 5) is 0. The van der Waals surface area contributed by atoms with Crippen molar-refractivity contribution < 1.29 is 4.74 Å². The van der Waals surface area contributed by atoms with Crippen LogP contribution in [0.1, 0.15) is 33.4 Å². The number of rotatable bonds is 6. The van der Waals surface area contributed by atoms with Gasteiger partial charge in [0, 0.05) is 20.2 Å². The second-order valence-electron chi connectivity index (χ2n) is 5.72. The Hall–Kier alpha value is -1.64. The minimum atomic E-state index is 0.671. The van der Waals surface area contributed by atoms with E-state index in [1.54, 1.807) is 7.11 Å². The molecule has 0 atom stereocenters. The van der Waals surface area contributed by atoms with Gasteiger partial charge < -0.3 is 10.1 Å². The average molecular weight is 283 g/mol. The predicted molar refractivity (Wildman–Crippen MR) is 88.4 cm³/mol. The van der Waals surface area contributed by atoms with Gasteiger partial charge in [-0.1, -0.05) is 36.4 Å². The van der Waals surface area contributed by atoms with Crippen LogP contribution in [0.4, 0.5) is 0 Å². The molecule has 2 aromatic carbocycles. The third kappa shape index (κ3) is 4.42. The molecule has 2 nitrogen and oxygen atoms in total. The van der Waals surface area contributed by atoms with Crippen molar-refractivity contribution in [1.29, 1.82) is 0 Å². The fourth-order valence-electron chi connectivity index (χ4n) is 2.55. The summed E-state index contributed by atoms with van der Waals surface area (Å²) in [6, 6.07) is 13.1. The summed E-state index contributed by atoms with van der Waals surface area (Å²) < 4.78 is 5.18. The fraction of sp³-hybridized carbons (Fsp3) is 0.368. The molecule has 0 radical (unpaired) electrons. The lowest BCUT2D eigenvalue weighted by atomic mass is 10.0. The van der Waals surface area contributed by atoms with E-state index in [9.17, 15) is 0 Å². The quantitative estimate of drug-likeness (QED) is 0.863. The highest BCUT2D eigenvalue weighted by molar-refractivity contribution is 5.36. The summed E-state index contributed by atoms with van der Waals surface area (Å²) in [5.74, 6) is 0.